The molecule has 0 radical (unpaired) electrons. The molecule has 0 unspecified atom stereocenters. The van der Waals surface area contributed by atoms with E-state index in [1.54, 1.807) is 0 Å². The van der Waals surface area contributed by atoms with Gasteiger partial charge in [0.05, 0.1) is 6.04 Å². The molecule has 4 heteroatoms. The minimum Gasteiger partial charge on any atom is -0.370 e. The van der Waals surface area contributed by atoms with Gasteiger partial charge in [-0.05, 0) is 50.3 Å². The van der Waals surface area contributed by atoms with E-state index in [0.29, 0.717) is 24.0 Å². The molecule has 0 spiro atoms. The molecule has 0 bridgehead atoms. The smallest absolute Gasteiger partial charge is 0.189 e. The number of nitrogens with zero attached hydrogens (tertiary/aromatic N) is 1. The van der Waals surface area contributed by atoms with E-state index in [2.05, 4.69) is 64.4 Å². The predicted molar refractivity (Wildman–Crippen MR) is 79.8 cm³/mol. The van der Waals surface area contributed by atoms with Gasteiger partial charge in [-0.1, -0.05) is 28.1 Å². The van der Waals surface area contributed by atoms with E-state index in [9.17, 15) is 0 Å². The van der Waals surface area contributed by atoms with Crippen LogP contribution in [0.3, 0.4) is 0 Å². The summed E-state index contributed by atoms with van der Waals surface area (Å²) in [6.45, 7) is 4.13. The normalized spacial score (nSPS) is 23.9. The van der Waals surface area contributed by atoms with Crippen LogP contribution in [0.2, 0.25) is 0 Å². The van der Waals surface area contributed by atoms with Crippen molar-refractivity contribution in [1.29, 1.82) is 0 Å². The van der Waals surface area contributed by atoms with E-state index < -0.39 is 0 Å². The largest absolute Gasteiger partial charge is 0.370 e. The first-order chi connectivity index (χ1) is 8.54. The van der Waals surface area contributed by atoms with Crippen LogP contribution in [0.15, 0.2) is 33.7 Å². The zero-order valence-electron chi connectivity index (χ0n) is 10.9. The van der Waals surface area contributed by atoms with Gasteiger partial charge in [0.15, 0.2) is 5.96 Å². The molecular formula is C14H20BrN3. The van der Waals surface area contributed by atoms with Gasteiger partial charge in [-0.25, -0.2) is 0 Å². The maximum Gasteiger partial charge on any atom is 0.189 e. The highest BCUT2D eigenvalue weighted by Crippen LogP contribution is 2.38. The molecule has 0 aliphatic heterocycles. The highest BCUT2D eigenvalue weighted by Gasteiger charge is 2.30. The Hall–Kier alpha value is -1.03. The molecule has 1 fully saturated rings. The van der Waals surface area contributed by atoms with Gasteiger partial charge in [-0.15, -0.1) is 0 Å². The average molecular weight is 310 g/mol. The second kappa shape index (κ2) is 5.74. The molecule has 0 heterocycles. The molecule has 1 aliphatic rings. The molecule has 0 atom stereocenters. The van der Waals surface area contributed by atoms with Gasteiger partial charge in [-0.3, -0.25) is 4.99 Å². The van der Waals surface area contributed by atoms with Crippen LogP contribution in [0.25, 0.3) is 0 Å². The monoisotopic (exact) mass is 309 g/mol. The summed E-state index contributed by atoms with van der Waals surface area (Å²) >= 11 is 3.46. The molecule has 3 nitrogen and oxygen atoms in total. The Morgan fingerprint density at radius 1 is 1.33 bits per heavy atom. The van der Waals surface area contributed by atoms with E-state index in [1.807, 2.05) is 0 Å². The van der Waals surface area contributed by atoms with Crippen molar-refractivity contribution in [2.75, 3.05) is 0 Å². The van der Waals surface area contributed by atoms with Gasteiger partial charge in [0.25, 0.3) is 0 Å². The average Bonchev–Trinajstić information content (AvgIpc) is 2.23. The summed E-state index contributed by atoms with van der Waals surface area (Å²) in [5.41, 5.74) is 7.22. The zero-order valence-corrected chi connectivity index (χ0v) is 12.4. The van der Waals surface area contributed by atoms with Crippen molar-refractivity contribution >= 4 is 21.9 Å². The van der Waals surface area contributed by atoms with Crippen molar-refractivity contribution in [2.45, 2.75) is 44.7 Å². The highest BCUT2D eigenvalue weighted by atomic mass is 79.9. The molecular weight excluding hydrogens is 290 g/mol. The Kier molecular flexibility index (Phi) is 4.27. The predicted octanol–water partition coefficient (Wildman–Crippen LogP) is 3.01. The molecule has 18 heavy (non-hydrogen) atoms. The summed E-state index contributed by atoms with van der Waals surface area (Å²) in [4.78, 5) is 4.49. The minimum atomic E-state index is 0.344. The lowest BCUT2D eigenvalue weighted by atomic mass is 9.76. The number of rotatable bonds is 3. The van der Waals surface area contributed by atoms with Gasteiger partial charge in [0.1, 0.15) is 0 Å². The van der Waals surface area contributed by atoms with Crippen LogP contribution >= 0.6 is 15.9 Å². The summed E-state index contributed by atoms with van der Waals surface area (Å²) in [7, 11) is 0. The fourth-order valence-corrected chi connectivity index (χ4v) is 2.49. The molecule has 1 aromatic rings. The lowest BCUT2D eigenvalue weighted by Gasteiger charge is -2.33. The number of hydrogen-bond acceptors (Lipinski definition) is 1. The fourth-order valence-electron chi connectivity index (χ4n) is 2.23. The van der Waals surface area contributed by atoms with Crippen molar-refractivity contribution in [3.05, 3.63) is 34.3 Å². The van der Waals surface area contributed by atoms with Crippen molar-refractivity contribution in [1.82, 2.24) is 5.32 Å². The molecule has 3 N–H and O–H groups in total. The molecule has 98 valence electrons. The van der Waals surface area contributed by atoms with Crippen LogP contribution in [-0.4, -0.2) is 18.0 Å². The molecule has 0 amide bonds. The number of guanidine groups is 1. The van der Waals surface area contributed by atoms with Crippen LogP contribution in [0, 0.1) is 0 Å². The van der Waals surface area contributed by atoms with Gasteiger partial charge >= 0.3 is 0 Å². The third kappa shape index (κ3) is 3.48. The third-order valence-corrected chi connectivity index (χ3v) is 3.74. The SMILES string of the molecule is CC(C)NC(N)=NC1CC(c2ccc(Br)cc2)C1. The zero-order chi connectivity index (χ0) is 13.1. The van der Waals surface area contributed by atoms with Crippen LogP contribution in [0.5, 0.6) is 0 Å². The summed E-state index contributed by atoms with van der Waals surface area (Å²) in [5, 5.41) is 3.13. The molecule has 0 aromatic heterocycles. The van der Waals surface area contributed by atoms with Crippen LogP contribution < -0.4 is 11.1 Å². The Bertz CT molecular complexity index is 419. The van der Waals surface area contributed by atoms with Crippen LogP contribution in [0.4, 0.5) is 0 Å². The van der Waals surface area contributed by atoms with Crippen molar-refractivity contribution in [2.24, 2.45) is 10.7 Å². The van der Waals surface area contributed by atoms with E-state index in [1.165, 1.54) is 5.56 Å². The van der Waals surface area contributed by atoms with Gasteiger partial charge in [0.2, 0.25) is 0 Å². The summed E-state index contributed by atoms with van der Waals surface area (Å²) in [6, 6.07) is 9.29. The molecule has 0 saturated heterocycles. The number of nitrogens with two attached hydrogens (primary N) is 1. The summed E-state index contributed by atoms with van der Waals surface area (Å²) in [5.74, 6) is 1.21. The van der Waals surface area contributed by atoms with Gasteiger partial charge in [0, 0.05) is 10.5 Å². The van der Waals surface area contributed by atoms with Crippen molar-refractivity contribution in [3.8, 4) is 0 Å². The Labute approximate surface area is 117 Å². The van der Waals surface area contributed by atoms with E-state index in [0.717, 1.165) is 17.3 Å². The Morgan fingerprint density at radius 2 is 1.94 bits per heavy atom. The van der Waals surface area contributed by atoms with Crippen LogP contribution in [-0.2, 0) is 0 Å². The molecule has 1 saturated carbocycles. The second-order valence-electron chi connectivity index (χ2n) is 5.19. The number of halogens is 1. The summed E-state index contributed by atoms with van der Waals surface area (Å²) < 4.78 is 1.13. The third-order valence-electron chi connectivity index (χ3n) is 3.21. The van der Waals surface area contributed by atoms with E-state index in [-0.39, 0.29) is 0 Å². The van der Waals surface area contributed by atoms with Gasteiger partial charge in [-0.2, -0.15) is 0 Å². The molecule has 1 aromatic carbocycles. The molecule has 2 rings (SSSR count). The Balaban J connectivity index is 1.85. The standard InChI is InChI=1S/C14H20BrN3/c1-9(2)17-14(16)18-13-7-11(8-13)10-3-5-12(15)6-4-10/h3-6,9,11,13H,7-8H2,1-2H3,(H3,16,17,18). The van der Waals surface area contributed by atoms with Crippen molar-refractivity contribution in [3.63, 3.8) is 0 Å². The number of benzene rings is 1. The lowest BCUT2D eigenvalue weighted by molar-refractivity contribution is 0.352. The van der Waals surface area contributed by atoms with E-state index in [4.69, 9.17) is 5.73 Å². The lowest BCUT2D eigenvalue weighted by Crippen LogP contribution is -2.39. The second-order valence-corrected chi connectivity index (χ2v) is 6.10. The van der Waals surface area contributed by atoms with Gasteiger partial charge < -0.3 is 11.1 Å². The first-order valence-electron chi connectivity index (χ1n) is 6.40. The number of aliphatic imine (C=N–C) groups is 1. The number of hydrogen-bond donors (Lipinski definition) is 2. The first kappa shape index (κ1) is 13.4. The maximum atomic E-state index is 5.82. The number of nitrogens with one attached hydrogen (secondary N) is 1. The quantitative estimate of drug-likeness (QED) is 0.666. The summed E-state index contributed by atoms with van der Waals surface area (Å²) in [6.07, 6.45) is 2.20. The van der Waals surface area contributed by atoms with E-state index >= 15 is 0 Å². The Morgan fingerprint density at radius 3 is 2.50 bits per heavy atom. The minimum absolute atomic E-state index is 0.344. The topological polar surface area (TPSA) is 50.4 Å². The highest BCUT2D eigenvalue weighted by molar-refractivity contribution is 9.10. The molecule has 1 aliphatic carbocycles. The van der Waals surface area contributed by atoms with Crippen molar-refractivity contribution < 1.29 is 0 Å². The first-order valence-corrected chi connectivity index (χ1v) is 7.19. The van der Waals surface area contributed by atoms with Crippen LogP contribution in [0.1, 0.15) is 38.2 Å². The maximum absolute atomic E-state index is 5.82. The fraction of sp³-hybridized carbons (Fsp3) is 0.500.